The summed E-state index contributed by atoms with van der Waals surface area (Å²) in [7, 11) is 0. The van der Waals surface area contributed by atoms with Crippen molar-refractivity contribution in [2.24, 2.45) is 11.8 Å². The number of hydrogen-bond donors (Lipinski definition) is 1. The molecule has 2 rings (SSSR count). The molecule has 0 saturated carbocycles. The Morgan fingerprint density at radius 3 is 2.79 bits per heavy atom. The van der Waals surface area contributed by atoms with E-state index in [0.29, 0.717) is 23.1 Å². The third-order valence-corrected chi connectivity index (χ3v) is 3.59. The molecule has 1 aromatic heterocycles. The third-order valence-electron chi connectivity index (χ3n) is 3.59. The summed E-state index contributed by atoms with van der Waals surface area (Å²) in [4.78, 5) is 18.4. The normalized spacial score (nSPS) is 21.9. The summed E-state index contributed by atoms with van der Waals surface area (Å²) in [5, 5.41) is 8.75. The molecule has 0 radical (unpaired) electrons. The summed E-state index contributed by atoms with van der Waals surface area (Å²) in [6.45, 7) is 5.62. The molecule has 1 aromatic rings. The molecule has 2 unspecified atom stereocenters. The number of aromatic nitrogens is 1. The molecule has 2 heterocycles. The van der Waals surface area contributed by atoms with Crippen molar-refractivity contribution in [3.05, 3.63) is 29.6 Å². The molecule has 0 aromatic carbocycles. The first-order valence-corrected chi connectivity index (χ1v) is 6.47. The lowest BCUT2D eigenvalue weighted by molar-refractivity contribution is 0.0779. The van der Waals surface area contributed by atoms with Crippen LogP contribution in [0.4, 0.5) is 0 Å². The first-order valence-electron chi connectivity index (χ1n) is 6.47. The summed E-state index contributed by atoms with van der Waals surface area (Å²) in [5.74, 6) is 6.30. The quantitative estimate of drug-likeness (QED) is 0.769. The van der Waals surface area contributed by atoms with Crippen molar-refractivity contribution in [3.8, 4) is 11.8 Å². The van der Waals surface area contributed by atoms with Crippen LogP contribution in [0.15, 0.2) is 18.3 Å². The molecule has 4 nitrogen and oxygen atoms in total. The van der Waals surface area contributed by atoms with Crippen molar-refractivity contribution >= 4 is 5.91 Å². The van der Waals surface area contributed by atoms with Gasteiger partial charge in [0.05, 0.1) is 5.56 Å². The van der Waals surface area contributed by atoms with Gasteiger partial charge < -0.3 is 10.0 Å². The highest BCUT2D eigenvalue weighted by molar-refractivity contribution is 5.95. The van der Waals surface area contributed by atoms with Crippen LogP contribution < -0.4 is 0 Å². The van der Waals surface area contributed by atoms with E-state index in [1.807, 2.05) is 4.90 Å². The Hall–Kier alpha value is -1.86. The monoisotopic (exact) mass is 258 g/mol. The highest BCUT2D eigenvalue weighted by Gasteiger charge is 2.31. The van der Waals surface area contributed by atoms with Crippen molar-refractivity contribution in [1.82, 2.24) is 9.88 Å². The molecule has 1 fully saturated rings. The summed E-state index contributed by atoms with van der Waals surface area (Å²) in [5.41, 5.74) is 0.957. The van der Waals surface area contributed by atoms with Crippen molar-refractivity contribution in [1.29, 1.82) is 0 Å². The minimum absolute atomic E-state index is 0.0703. The Balaban J connectivity index is 2.24. The lowest BCUT2D eigenvalue weighted by Crippen LogP contribution is -2.30. The van der Waals surface area contributed by atoms with Gasteiger partial charge in [0, 0.05) is 19.3 Å². The van der Waals surface area contributed by atoms with E-state index in [0.717, 1.165) is 13.1 Å². The summed E-state index contributed by atoms with van der Waals surface area (Å²) in [6, 6.07) is 3.50. The topological polar surface area (TPSA) is 53.4 Å². The first kappa shape index (κ1) is 13.6. The molecule has 19 heavy (non-hydrogen) atoms. The van der Waals surface area contributed by atoms with Gasteiger partial charge in [0.15, 0.2) is 0 Å². The van der Waals surface area contributed by atoms with Gasteiger partial charge in [-0.15, -0.1) is 0 Å². The molecule has 0 aliphatic carbocycles. The maximum atomic E-state index is 12.5. The van der Waals surface area contributed by atoms with Gasteiger partial charge in [0.2, 0.25) is 0 Å². The highest BCUT2D eigenvalue weighted by Crippen LogP contribution is 2.23. The number of rotatable bonds is 1. The third kappa shape index (κ3) is 2.94. The fraction of sp³-hybridized carbons (Fsp3) is 0.467. The second-order valence-electron chi connectivity index (χ2n) is 5.02. The number of carbonyl (C=O) groups is 1. The lowest BCUT2D eigenvalue weighted by atomic mass is 10.0. The average molecular weight is 258 g/mol. The molecule has 1 amide bonds. The van der Waals surface area contributed by atoms with Crippen LogP contribution in [0.2, 0.25) is 0 Å². The van der Waals surface area contributed by atoms with Gasteiger partial charge in [-0.1, -0.05) is 25.7 Å². The van der Waals surface area contributed by atoms with Crippen LogP contribution in [0.5, 0.6) is 0 Å². The van der Waals surface area contributed by atoms with Gasteiger partial charge in [-0.2, -0.15) is 0 Å². The second-order valence-corrected chi connectivity index (χ2v) is 5.02. The predicted octanol–water partition coefficient (Wildman–Crippen LogP) is 1.15. The molecule has 1 aliphatic rings. The smallest absolute Gasteiger partial charge is 0.273 e. The molecule has 100 valence electrons. The predicted molar refractivity (Wildman–Crippen MR) is 72.4 cm³/mol. The van der Waals surface area contributed by atoms with E-state index in [4.69, 9.17) is 5.11 Å². The Morgan fingerprint density at radius 1 is 1.47 bits per heavy atom. The number of amides is 1. The van der Waals surface area contributed by atoms with E-state index < -0.39 is 0 Å². The molecule has 0 spiro atoms. The fourth-order valence-corrected chi connectivity index (χ4v) is 2.26. The van der Waals surface area contributed by atoms with Gasteiger partial charge >= 0.3 is 0 Å². The van der Waals surface area contributed by atoms with Gasteiger partial charge in [-0.05, 0) is 24.0 Å². The van der Waals surface area contributed by atoms with E-state index in [9.17, 15) is 4.79 Å². The number of nitrogens with zero attached hydrogens (tertiary/aromatic N) is 2. The van der Waals surface area contributed by atoms with E-state index in [1.165, 1.54) is 0 Å². The highest BCUT2D eigenvalue weighted by atomic mass is 16.2. The number of likely N-dealkylation sites (tertiary alicyclic amines) is 1. The fourth-order valence-electron chi connectivity index (χ4n) is 2.26. The van der Waals surface area contributed by atoms with Crippen LogP contribution in [-0.4, -0.2) is 40.6 Å². The summed E-state index contributed by atoms with van der Waals surface area (Å²) in [6.07, 6.45) is 1.60. The Labute approximate surface area is 113 Å². The maximum Gasteiger partial charge on any atom is 0.273 e. The van der Waals surface area contributed by atoms with Crippen LogP contribution in [0.1, 0.15) is 29.9 Å². The molecule has 1 saturated heterocycles. The number of aliphatic hydroxyl groups is 1. The van der Waals surface area contributed by atoms with E-state index >= 15 is 0 Å². The number of aliphatic hydroxyl groups excluding tert-OH is 1. The zero-order valence-electron chi connectivity index (χ0n) is 11.3. The second kappa shape index (κ2) is 5.85. The molecular weight excluding hydrogens is 240 g/mol. The Bertz CT molecular complexity index is 520. The zero-order valence-corrected chi connectivity index (χ0v) is 11.3. The molecule has 2 atom stereocenters. The van der Waals surface area contributed by atoms with Crippen LogP contribution in [0.25, 0.3) is 0 Å². The Kier molecular flexibility index (Phi) is 4.18. The Morgan fingerprint density at radius 2 is 2.16 bits per heavy atom. The minimum Gasteiger partial charge on any atom is -0.384 e. The standard InChI is InChI=1S/C15H18N2O2/c1-11-9-17(10-12(11)2)15(19)14-13(6-4-8-18)5-3-7-16-14/h3,5,7,11-12,18H,8-10H2,1-2H3. The SMILES string of the molecule is CC1CN(C(=O)c2ncccc2C#CCO)CC1C. The number of carbonyl (C=O) groups excluding carboxylic acids is 1. The van der Waals surface area contributed by atoms with E-state index in [-0.39, 0.29) is 12.5 Å². The van der Waals surface area contributed by atoms with Crippen molar-refractivity contribution in [2.45, 2.75) is 13.8 Å². The van der Waals surface area contributed by atoms with Gasteiger partial charge in [-0.3, -0.25) is 4.79 Å². The zero-order chi connectivity index (χ0) is 13.8. The maximum absolute atomic E-state index is 12.5. The van der Waals surface area contributed by atoms with Crippen LogP contribution in [0, 0.1) is 23.7 Å². The van der Waals surface area contributed by atoms with E-state index in [2.05, 4.69) is 30.7 Å². The van der Waals surface area contributed by atoms with Crippen molar-refractivity contribution in [2.75, 3.05) is 19.7 Å². The largest absolute Gasteiger partial charge is 0.384 e. The number of hydrogen-bond acceptors (Lipinski definition) is 3. The van der Waals surface area contributed by atoms with Crippen LogP contribution in [0.3, 0.4) is 0 Å². The van der Waals surface area contributed by atoms with Gasteiger partial charge in [0.25, 0.3) is 5.91 Å². The van der Waals surface area contributed by atoms with Crippen molar-refractivity contribution in [3.63, 3.8) is 0 Å². The van der Waals surface area contributed by atoms with Crippen molar-refractivity contribution < 1.29 is 9.90 Å². The van der Waals surface area contributed by atoms with Gasteiger partial charge in [0.1, 0.15) is 12.3 Å². The molecule has 1 aliphatic heterocycles. The molecule has 1 N–H and O–H groups in total. The van der Waals surface area contributed by atoms with E-state index in [1.54, 1.807) is 18.3 Å². The molecule has 4 heteroatoms. The van der Waals surface area contributed by atoms with Crippen LogP contribution >= 0.6 is 0 Å². The van der Waals surface area contributed by atoms with Crippen LogP contribution in [-0.2, 0) is 0 Å². The summed E-state index contributed by atoms with van der Waals surface area (Å²) < 4.78 is 0. The molecular formula is C15H18N2O2. The molecule has 0 bridgehead atoms. The lowest BCUT2D eigenvalue weighted by Gasteiger charge is -2.16. The average Bonchev–Trinajstić information content (AvgIpc) is 2.76. The minimum atomic E-state index is -0.222. The number of pyridine rings is 1. The van der Waals surface area contributed by atoms with Gasteiger partial charge in [-0.25, -0.2) is 4.98 Å². The summed E-state index contributed by atoms with van der Waals surface area (Å²) >= 11 is 0. The first-order chi connectivity index (χ1) is 9.13.